The second-order valence-corrected chi connectivity index (χ2v) is 6.71. The molecule has 0 bridgehead atoms. The fourth-order valence-corrected chi connectivity index (χ4v) is 3.51. The first kappa shape index (κ1) is 15.8. The molecule has 2 rings (SSSR count). The van der Waals surface area contributed by atoms with Gasteiger partial charge in [0.2, 0.25) is 0 Å². The van der Waals surface area contributed by atoms with Crippen LogP contribution in [-0.2, 0) is 0 Å². The Hall–Kier alpha value is -0.620. The molecule has 0 unspecified atom stereocenters. The Balaban J connectivity index is 2.16. The highest BCUT2D eigenvalue weighted by atomic mass is 127. The van der Waals surface area contributed by atoms with E-state index >= 15 is 0 Å². The first-order chi connectivity index (χ1) is 9.63. The summed E-state index contributed by atoms with van der Waals surface area (Å²) in [5.41, 5.74) is 6.81. The summed E-state index contributed by atoms with van der Waals surface area (Å²) in [5.74, 6) is 0.178. The average molecular weight is 386 g/mol. The first-order valence-corrected chi connectivity index (χ1v) is 8.52. The second kappa shape index (κ2) is 7.41. The Labute approximate surface area is 135 Å². The van der Waals surface area contributed by atoms with E-state index < -0.39 is 0 Å². The molecule has 0 radical (unpaired) electrons. The molecule has 110 valence electrons. The molecule has 0 heterocycles. The topological polar surface area (TPSA) is 46.3 Å². The number of amides is 1. The third-order valence-corrected chi connectivity index (χ3v) is 4.95. The van der Waals surface area contributed by atoms with Crippen molar-refractivity contribution in [3.63, 3.8) is 0 Å². The molecule has 1 aromatic rings. The molecule has 0 aromatic heterocycles. The van der Waals surface area contributed by atoms with Crippen LogP contribution in [0.25, 0.3) is 0 Å². The van der Waals surface area contributed by atoms with Crippen LogP contribution in [0.5, 0.6) is 0 Å². The Morgan fingerprint density at radius 2 is 1.95 bits per heavy atom. The monoisotopic (exact) mass is 386 g/mol. The number of hydrogen-bond donors (Lipinski definition) is 1. The molecule has 1 aliphatic rings. The lowest BCUT2D eigenvalue weighted by Crippen LogP contribution is -2.44. The molecule has 1 aliphatic carbocycles. The lowest BCUT2D eigenvalue weighted by atomic mass is 9.90. The number of carbonyl (C=O) groups is 1. The van der Waals surface area contributed by atoms with Crippen LogP contribution in [0.4, 0.5) is 0 Å². The predicted molar refractivity (Wildman–Crippen MR) is 90.7 cm³/mol. The van der Waals surface area contributed by atoms with Crippen molar-refractivity contribution in [2.45, 2.75) is 51.1 Å². The zero-order chi connectivity index (χ0) is 14.5. The van der Waals surface area contributed by atoms with Crippen LogP contribution in [0.1, 0.15) is 49.4 Å². The van der Waals surface area contributed by atoms with Gasteiger partial charge in [-0.2, -0.15) is 0 Å². The molecule has 0 aliphatic heterocycles. The SMILES string of the molecule is CCCN(C(=O)c1ccccc1I)C1CCC(N)CC1. The van der Waals surface area contributed by atoms with E-state index in [2.05, 4.69) is 34.4 Å². The van der Waals surface area contributed by atoms with E-state index in [1.807, 2.05) is 24.3 Å². The van der Waals surface area contributed by atoms with E-state index in [0.29, 0.717) is 12.1 Å². The molecule has 20 heavy (non-hydrogen) atoms. The minimum Gasteiger partial charge on any atom is -0.336 e. The number of nitrogens with zero attached hydrogens (tertiary/aromatic N) is 1. The summed E-state index contributed by atoms with van der Waals surface area (Å²) in [4.78, 5) is 14.9. The highest BCUT2D eigenvalue weighted by Crippen LogP contribution is 2.25. The number of halogens is 1. The Morgan fingerprint density at radius 3 is 2.55 bits per heavy atom. The molecule has 1 saturated carbocycles. The van der Waals surface area contributed by atoms with Gasteiger partial charge < -0.3 is 10.6 Å². The Morgan fingerprint density at radius 1 is 1.30 bits per heavy atom. The third kappa shape index (κ3) is 3.73. The third-order valence-electron chi connectivity index (χ3n) is 4.01. The summed E-state index contributed by atoms with van der Waals surface area (Å²) in [6.45, 7) is 2.97. The summed E-state index contributed by atoms with van der Waals surface area (Å²) < 4.78 is 1.03. The van der Waals surface area contributed by atoms with E-state index in [1.165, 1.54) is 0 Å². The van der Waals surface area contributed by atoms with Gasteiger partial charge in [0.25, 0.3) is 5.91 Å². The molecule has 0 spiro atoms. The van der Waals surface area contributed by atoms with Crippen molar-refractivity contribution >= 4 is 28.5 Å². The first-order valence-electron chi connectivity index (χ1n) is 7.44. The van der Waals surface area contributed by atoms with Crippen molar-refractivity contribution < 1.29 is 4.79 Å². The minimum absolute atomic E-state index is 0.178. The number of hydrogen-bond acceptors (Lipinski definition) is 2. The van der Waals surface area contributed by atoms with Gasteiger partial charge >= 0.3 is 0 Å². The van der Waals surface area contributed by atoms with Crippen molar-refractivity contribution in [1.82, 2.24) is 4.90 Å². The van der Waals surface area contributed by atoms with E-state index in [0.717, 1.165) is 47.8 Å². The molecular weight excluding hydrogens is 363 g/mol. The minimum atomic E-state index is 0.178. The average Bonchev–Trinajstić information content (AvgIpc) is 2.46. The summed E-state index contributed by atoms with van der Waals surface area (Å²) in [6.07, 6.45) is 5.14. The van der Waals surface area contributed by atoms with Crippen LogP contribution in [0.15, 0.2) is 24.3 Å². The number of rotatable bonds is 4. The fourth-order valence-electron chi connectivity index (χ4n) is 2.89. The molecule has 4 heteroatoms. The molecule has 0 atom stereocenters. The number of carbonyl (C=O) groups excluding carboxylic acids is 1. The maximum atomic E-state index is 12.8. The fraction of sp³-hybridized carbons (Fsp3) is 0.562. The molecule has 0 saturated heterocycles. The van der Waals surface area contributed by atoms with Gasteiger partial charge in [-0.05, 0) is 66.8 Å². The van der Waals surface area contributed by atoms with Crippen molar-refractivity contribution in [3.8, 4) is 0 Å². The number of nitrogens with two attached hydrogens (primary N) is 1. The molecular formula is C16H23IN2O. The number of benzene rings is 1. The predicted octanol–water partition coefficient (Wildman–Crippen LogP) is 3.41. The molecule has 2 N–H and O–H groups in total. The van der Waals surface area contributed by atoms with Gasteiger partial charge in [-0.3, -0.25) is 4.79 Å². The smallest absolute Gasteiger partial charge is 0.255 e. The summed E-state index contributed by atoms with van der Waals surface area (Å²) in [7, 11) is 0. The zero-order valence-electron chi connectivity index (χ0n) is 12.0. The molecule has 3 nitrogen and oxygen atoms in total. The van der Waals surface area contributed by atoms with Crippen molar-refractivity contribution in [1.29, 1.82) is 0 Å². The van der Waals surface area contributed by atoms with E-state index in [1.54, 1.807) is 0 Å². The standard InChI is InChI=1S/C16H23IN2O/c1-2-11-19(13-9-7-12(18)8-10-13)16(20)14-5-3-4-6-15(14)17/h3-6,12-13H,2,7-11,18H2,1H3. The van der Waals surface area contributed by atoms with Crippen LogP contribution in [0, 0.1) is 3.57 Å². The molecule has 1 fully saturated rings. The van der Waals surface area contributed by atoms with Gasteiger partial charge in [0.05, 0.1) is 5.56 Å². The molecule has 1 amide bonds. The van der Waals surface area contributed by atoms with Gasteiger partial charge in [-0.15, -0.1) is 0 Å². The highest BCUT2D eigenvalue weighted by molar-refractivity contribution is 14.1. The Kier molecular flexibility index (Phi) is 5.84. The zero-order valence-corrected chi connectivity index (χ0v) is 14.2. The van der Waals surface area contributed by atoms with Crippen molar-refractivity contribution in [2.75, 3.05) is 6.54 Å². The van der Waals surface area contributed by atoms with Gasteiger partial charge in [0.15, 0.2) is 0 Å². The van der Waals surface area contributed by atoms with Crippen LogP contribution >= 0.6 is 22.6 Å². The van der Waals surface area contributed by atoms with E-state index in [9.17, 15) is 4.79 Å². The van der Waals surface area contributed by atoms with Crippen molar-refractivity contribution in [3.05, 3.63) is 33.4 Å². The summed E-state index contributed by atoms with van der Waals surface area (Å²) in [6, 6.07) is 8.52. The maximum Gasteiger partial charge on any atom is 0.255 e. The van der Waals surface area contributed by atoms with E-state index in [-0.39, 0.29) is 5.91 Å². The second-order valence-electron chi connectivity index (χ2n) is 5.55. The summed E-state index contributed by atoms with van der Waals surface area (Å²) >= 11 is 2.24. The Bertz CT molecular complexity index is 456. The van der Waals surface area contributed by atoms with Crippen LogP contribution in [-0.4, -0.2) is 29.4 Å². The van der Waals surface area contributed by atoms with Crippen LogP contribution < -0.4 is 5.73 Å². The lowest BCUT2D eigenvalue weighted by molar-refractivity contribution is 0.0625. The van der Waals surface area contributed by atoms with Gasteiger partial charge in [0, 0.05) is 22.2 Å². The highest BCUT2D eigenvalue weighted by Gasteiger charge is 2.28. The summed E-state index contributed by atoms with van der Waals surface area (Å²) in [5, 5.41) is 0. The van der Waals surface area contributed by atoms with Crippen LogP contribution in [0.2, 0.25) is 0 Å². The molecule has 1 aromatic carbocycles. The van der Waals surface area contributed by atoms with Gasteiger partial charge in [-0.25, -0.2) is 0 Å². The van der Waals surface area contributed by atoms with Crippen molar-refractivity contribution in [2.24, 2.45) is 5.73 Å². The quantitative estimate of drug-likeness (QED) is 0.807. The normalized spacial score (nSPS) is 22.6. The van der Waals surface area contributed by atoms with Gasteiger partial charge in [0.1, 0.15) is 0 Å². The lowest BCUT2D eigenvalue weighted by Gasteiger charge is -2.36. The van der Waals surface area contributed by atoms with Gasteiger partial charge in [-0.1, -0.05) is 19.1 Å². The largest absolute Gasteiger partial charge is 0.336 e. The maximum absolute atomic E-state index is 12.8. The van der Waals surface area contributed by atoms with Crippen LogP contribution in [0.3, 0.4) is 0 Å². The van der Waals surface area contributed by atoms with E-state index in [4.69, 9.17) is 5.73 Å².